The van der Waals surface area contributed by atoms with Gasteiger partial charge in [-0.2, -0.15) is 0 Å². The molecule has 19 heteroatoms. The van der Waals surface area contributed by atoms with Crippen molar-refractivity contribution in [2.45, 2.75) is 387 Å². The lowest BCUT2D eigenvalue weighted by atomic mass is 10.0. The molecule has 0 spiro atoms. The van der Waals surface area contributed by atoms with Crippen molar-refractivity contribution in [2.75, 3.05) is 39.6 Å². The SMILES string of the molecule is CCCCCCCCCCCCCC(=O)O[C@H](COC(=O)CCCCCCCCCCCC)COP(=O)(O)OC[C@H](O)COP(=O)(O)OC[C@@H](COC(=O)CCCCCCCCCCC(C)C)OC(=O)CCCCCCCCCCCCCCCCCCC(C)C. The van der Waals surface area contributed by atoms with Gasteiger partial charge >= 0.3 is 39.5 Å². The molecule has 2 unspecified atom stereocenters. The molecule has 0 amide bonds. The fourth-order valence-electron chi connectivity index (χ4n) is 10.9. The van der Waals surface area contributed by atoms with E-state index in [9.17, 15) is 43.2 Å². The van der Waals surface area contributed by atoms with E-state index < -0.39 is 97.5 Å². The van der Waals surface area contributed by atoms with E-state index in [1.54, 1.807) is 0 Å². The number of phosphoric ester groups is 2. The highest BCUT2D eigenvalue weighted by atomic mass is 31.2. The van der Waals surface area contributed by atoms with E-state index in [1.807, 2.05) is 0 Å². The summed E-state index contributed by atoms with van der Waals surface area (Å²) in [4.78, 5) is 72.6. The van der Waals surface area contributed by atoms with E-state index >= 15 is 0 Å². The Morgan fingerprint density at radius 2 is 0.505 bits per heavy atom. The number of rotatable bonds is 71. The molecule has 0 saturated heterocycles. The molecule has 540 valence electrons. The fraction of sp³-hybridized carbons (Fsp3) is 0.944. The summed E-state index contributed by atoms with van der Waals surface area (Å²) in [6.45, 7) is 9.55. The van der Waals surface area contributed by atoms with E-state index in [0.29, 0.717) is 25.7 Å². The highest BCUT2D eigenvalue weighted by Crippen LogP contribution is 2.45. The third-order valence-corrected chi connectivity index (χ3v) is 18.6. The lowest BCUT2D eigenvalue weighted by molar-refractivity contribution is -0.161. The first-order valence-electron chi connectivity index (χ1n) is 37.5. The Kier molecular flexibility index (Phi) is 62.7. The predicted molar refractivity (Wildman–Crippen MR) is 368 cm³/mol. The predicted octanol–water partition coefficient (Wildman–Crippen LogP) is 20.8. The Labute approximate surface area is 556 Å². The van der Waals surface area contributed by atoms with Crippen molar-refractivity contribution in [3.05, 3.63) is 0 Å². The van der Waals surface area contributed by atoms with Crippen molar-refractivity contribution in [3.8, 4) is 0 Å². The molecule has 0 aliphatic rings. The van der Waals surface area contributed by atoms with Gasteiger partial charge in [0.05, 0.1) is 26.4 Å². The molecule has 17 nitrogen and oxygen atoms in total. The van der Waals surface area contributed by atoms with Crippen LogP contribution in [0.1, 0.15) is 369 Å². The zero-order chi connectivity index (χ0) is 67.2. The lowest BCUT2D eigenvalue weighted by Gasteiger charge is -2.21. The van der Waals surface area contributed by atoms with Crippen LogP contribution < -0.4 is 0 Å². The molecule has 0 aromatic heterocycles. The lowest BCUT2D eigenvalue weighted by Crippen LogP contribution is -2.30. The third-order valence-electron chi connectivity index (χ3n) is 16.7. The van der Waals surface area contributed by atoms with Crippen LogP contribution in [0, 0.1) is 11.8 Å². The number of carbonyl (C=O) groups excluding carboxylic acids is 4. The molecule has 0 aliphatic heterocycles. The Balaban J connectivity index is 5.20. The second kappa shape index (κ2) is 64.1. The van der Waals surface area contributed by atoms with E-state index in [4.69, 9.17) is 37.0 Å². The number of ether oxygens (including phenoxy) is 4. The molecule has 0 saturated carbocycles. The van der Waals surface area contributed by atoms with Gasteiger partial charge in [0.2, 0.25) is 0 Å². The van der Waals surface area contributed by atoms with Gasteiger partial charge in [-0.15, -0.1) is 0 Å². The van der Waals surface area contributed by atoms with Gasteiger partial charge in [-0.1, -0.05) is 318 Å². The van der Waals surface area contributed by atoms with Crippen molar-refractivity contribution >= 4 is 39.5 Å². The number of carbonyl (C=O) groups is 4. The zero-order valence-electron chi connectivity index (χ0n) is 59.1. The molecule has 0 fully saturated rings. The minimum atomic E-state index is -4.95. The van der Waals surface area contributed by atoms with Crippen LogP contribution in [0.5, 0.6) is 0 Å². The quantitative estimate of drug-likeness (QED) is 0.0222. The summed E-state index contributed by atoms with van der Waals surface area (Å²) >= 11 is 0. The highest BCUT2D eigenvalue weighted by Gasteiger charge is 2.30. The van der Waals surface area contributed by atoms with Crippen molar-refractivity contribution in [2.24, 2.45) is 11.8 Å². The van der Waals surface area contributed by atoms with Crippen LogP contribution in [0.4, 0.5) is 0 Å². The summed E-state index contributed by atoms with van der Waals surface area (Å²) in [5.74, 6) is -0.586. The summed E-state index contributed by atoms with van der Waals surface area (Å²) in [7, 11) is -9.90. The smallest absolute Gasteiger partial charge is 0.462 e. The van der Waals surface area contributed by atoms with Crippen LogP contribution in [0.3, 0.4) is 0 Å². The standard InChI is InChI=1S/C72H140O17P2/c1-7-9-11-13-15-17-25-30-38-44-50-56-71(76)88-67(60-82-69(74)54-48-42-36-29-18-16-14-12-10-8-2)62-86-90(78,79)84-58-66(73)59-85-91(80,81)87-63-68(61-83-70(75)55-49-43-37-33-32-35-41-47-53-65(5)6)89-72(77)57-51-45-39-31-27-24-22-20-19-21-23-26-28-34-40-46-52-64(3)4/h64-68,73H,7-63H2,1-6H3,(H,78,79)(H,80,81)/t66-,67+,68+/m0/s1. The van der Waals surface area contributed by atoms with Crippen molar-refractivity contribution in [1.82, 2.24) is 0 Å². The van der Waals surface area contributed by atoms with Gasteiger partial charge in [-0.25, -0.2) is 9.13 Å². The molecule has 3 N–H and O–H groups in total. The normalized spacial score (nSPS) is 14.1. The number of phosphoric acid groups is 2. The van der Waals surface area contributed by atoms with Gasteiger partial charge in [-0.3, -0.25) is 37.3 Å². The van der Waals surface area contributed by atoms with E-state index in [-0.39, 0.29) is 25.7 Å². The topological polar surface area (TPSA) is 237 Å². The molecular formula is C72H140O17P2. The molecule has 0 bridgehead atoms. The van der Waals surface area contributed by atoms with Crippen molar-refractivity contribution in [1.29, 1.82) is 0 Å². The number of aliphatic hydroxyl groups excluding tert-OH is 1. The van der Waals surface area contributed by atoms with E-state index in [0.717, 1.165) is 102 Å². The molecule has 0 radical (unpaired) electrons. The first-order chi connectivity index (χ1) is 43.9. The van der Waals surface area contributed by atoms with Crippen LogP contribution in [-0.4, -0.2) is 96.7 Å². The third kappa shape index (κ3) is 66.5. The van der Waals surface area contributed by atoms with Crippen LogP contribution in [-0.2, 0) is 65.4 Å². The summed E-state index contributed by atoms with van der Waals surface area (Å²) in [5, 5.41) is 10.6. The largest absolute Gasteiger partial charge is 0.472 e. The van der Waals surface area contributed by atoms with Gasteiger partial charge in [0.25, 0.3) is 0 Å². The molecule has 0 aromatic carbocycles. The van der Waals surface area contributed by atoms with Crippen LogP contribution >= 0.6 is 15.6 Å². The molecule has 0 heterocycles. The van der Waals surface area contributed by atoms with Crippen molar-refractivity contribution in [3.63, 3.8) is 0 Å². The number of esters is 4. The minimum Gasteiger partial charge on any atom is -0.462 e. The maximum Gasteiger partial charge on any atom is 0.472 e. The van der Waals surface area contributed by atoms with Gasteiger partial charge in [-0.05, 0) is 37.5 Å². The van der Waals surface area contributed by atoms with Crippen LogP contribution in [0.25, 0.3) is 0 Å². The van der Waals surface area contributed by atoms with Crippen LogP contribution in [0.2, 0.25) is 0 Å². The van der Waals surface area contributed by atoms with Crippen LogP contribution in [0.15, 0.2) is 0 Å². The van der Waals surface area contributed by atoms with Gasteiger partial charge in [0.15, 0.2) is 12.2 Å². The molecular weight excluding hydrogens is 1200 g/mol. The monoisotopic (exact) mass is 1340 g/mol. The zero-order valence-corrected chi connectivity index (χ0v) is 60.9. The van der Waals surface area contributed by atoms with E-state index in [2.05, 4.69) is 41.5 Å². The molecule has 5 atom stereocenters. The Morgan fingerprint density at radius 3 is 0.747 bits per heavy atom. The Morgan fingerprint density at radius 1 is 0.297 bits per heavy atom. The average molecular weight is 1340 g/mol. The number of aliphatic hydroxyl groups is 1. The first kappa shape index (κ1) is 89.1. The molecule has 0 rings (SSSR count). The van der Waals surface area contributed by atoms with Gasteiger partial charge < -0.3 is 33.8 Å². The Bertz CT molecular complexity index is 1770. The molecule has 0 aromatic rings. The van der Waals surface area contributed by atoms with Crippen molar-refractivity contribution < 1.29 is 80.2 Å². The maximum atomic E-state index is 13.0. The maximum absolute atomic E-state index is 13.0. The highest BCUT2D eigenvalue weighted by molar-refractivity contribution is 7.47. The average Bonchev–Trinajstić information content (AvgIpc) is 2.50. The summed E-state index contributed by atoms with van der Waals surface area (Å²) in [5.41, 5.74) is 0. The number of unbranched alkanes of at least 4 members (excludes halogenated alkanes) is 41. The van der Waals surface area contributed by atoms with Gasteiger partial charge in [0.1, 0.15) is 19.3 Å². The second-order valence-electron chi connectivity index (χ2n) is 26.9. The van der Waals surface area contributed by atoms with Gasteiger partial charge in [0, 0.05) is 25.7 Å². The summed E-state index contributed by atoms with van der Waals surface area (Å²) < 4.78 is 68.3. The fourth-order valence-corrected chi connectivity index (χ4v) is 12.5. The summed E-state index contributed by atoms with van der Waals surface area (Å²) in [6, 6.07) is 0. The first-order valence-corrected chi connectivity index (χ1v) is 40.5. The second-order valence-corrected chi connectivity index (χ2v) is 29.8. The Hall–Kier alpha value is -1.94. The summed E-state index contributed by atoms with van der Waals surface area (Å²) in [6.07, 6.45) is 49.9. The molecule has 91 heavy (non-hydrogen) atoms. The minimum absolute atomic E-state index is 0.107. The number of hydrogen-bond donors (Lipinski definition) is 3. The molecule has 0 aliphatic carbocycles. The number of hydrogen-bond acceptors (Lipinski definition) is 15. The van der Waals surface area contributed by atoms with E-state index in [1.165, 1.54) is 186 Å².